The topological polar surface area (TPSA) is 9.23 Å². The van der Waals surface area contributed by atoms with Crippen LogP contribution in [0.15, 0.2) is 107 Å². The Labute approximate surface area is 206 Å². The lowest BCUT2D eigenvalue weighted by atomic mass is 9.97. The van der Waals surface area contributed by atoms with Crippen LogP contribution in [0.5, 0.6) is 0 Å². The van der Waals surface area contributed by atoms with Gasteiger partial charge in [-0.05, 0) is 72.9 Å². The van der Waals surface area contributed by atoms with Crippen molar-refractivity contribution in [1.82, 2.24) is 0 Å². The third-order valence-electron chi connectivity index (χ3n) is 5.87. The summed E-state index contributed by atoms with van der Waals surface area (Å²) in [5.74, 6) is 0. The van der Waals surface area contributed by atoms with E-state index in [-0.39, 0.29) is 12.2 Å². The minimum absolute atomic E-state index is 0.173. The summed E-state index contributed by atoms with van der Waals surface area (Å²) in [6, 6.07) is 34.9. The van der Waals surface area contributed by atoms with Gasteiger partial charge in [0.2, 0.25) is 0 Å². The molecule has 0 saturated carbocycles. The average Bonchev–Trinajstić information content (AvgIpc) is 2.86. The highest BCUT2D eigenvalue weighted by Gasteiger charge is 2.23. The molecule has 4 rings (SSSR count). The number of benzene rings is 4. The van der Waals surface area contributed by atoms with E-state index in [1.807, 2.05) is 0 Å². The molecule has 2 unspecified atom stereocenters. The largest absolute Gasteiger partial charge is 0.356 e. The molecule has 3 heteroatoms. The average molecular weight is 471 g/mol. The second-order valence-electron chi connectivity index (χ2n) is 8.26. The molecule has 0 N–H and O–H groups in total. The van der Waals surface area contributed by atoms with Crippen LogP contribution in [0.2, 0.25) is 0 Å². The molecule has 33 heavy (non-hydrogen) atoms. The van der Waals surface area contributed by atoms with Crippen molar-refractivity contribution in [2.75, 3.05) is 12.5 Å². The van der Waals surface area contributed by atoms with Crippen molar-refractivity contribution in [3.05, 3.63) is 130 Å². The zero-order chi connectivity index (χ0) is 23.2. The van der Waals surface area contributed by atoms with Gasteiger partial charge >= 0.3 is 0 Å². The van der Waals surface area contributed by atoms with E-state index in [0.29, 0.717) is 0 Å². The molecule has 168 valence electrons. The first-order chi connectivity index (χ1) is 16.1. The third kappa shape index (κ3) is 5.92. The number of hydrogen-bond acceptors (Lipinski definition) is 3. The zero-order valence-electron chi connectivity index (χ0n) is 19.6. The maximum absolute atomic E-state index is 7.01. The number of hydrogen-bond donors (Lipinski definition) is 0. The summed E-state index contributed by atoms with van der Waals surface area (Å²) in [7, 11) is 0. The van der Waals surface area contributed by atoms with E-state index in [9.17, 15) is 0 Å². The van der Waals surface area contributed by atoms with Gasteiger partial charge in [-0.1, -0.05) is 83.9 Å². The standard InChI is InChI=1S/C30H30OS2/c1-21-5-9-23(10-6-21)29(25-13-17-27(32-3)18-14-25)31-30(24-11-7-22(2)8-12-24)26-15-19-28(33-4)20-16-26/h5-20,29-30H,1-4H3. The predicted octanol–water partition coefficient (Wildman–Crippen LogP) is 8.64. The smallest absolute Gasteiger partial charge is 0.109 e. The molecule has 0 bridgehead atoms. The maximum atomic E-state index is 7.01. The minimum Gasteiger partial charge on any atom is -0.356 e. The first kappa shape index (κ1) is 23.7. The highest BCUT2D eigenvalue weighted by molar-refractivity contribution is 7.98. The normalized spacial score (nSPS) is 13.0. The lowest BCUT2D eigenvalue weighted by molar-refractivity contribution is 0.0308. The van der Waals surface area contributed by atoms with Crippen LogP contribution in [0.4, 0.5) is 0 Å². The Kier molecular flexibility index (Phi) is 7.97. The zero-order valence-corrected chi connectivity index (χ0v) is 21.3. The van der Waals surface area contributed by atoms with Crippen molar-refractivity contribution >= 4 is 23.5 Å². The second kappa shape index (κ2) is 11.1. The van der Waals surface area contributed by atoms with E-state index >= 15 is 0 Å². The summed E-state index contributed by atoms with van der Waals surface area (Å²) in [6.07, 6.45) is 3.87. The fraction of sp³-hybridized carbons (Fsp3) is 0.200. The number of thioether (sulfide) groups is 2. The fourth-order valence-corrected chi connectivity index (χ4v) is 4.69. The van der Waals surface area contributed by atoms with Crippen LogP contribution in [0.1, 0.15) is 45.6 Å². The van der Waals surface area contributed by atoms with Gasteiger partial charge in [-0.25, -0.2) is 0 Å². The monoisotopic (exact) mass is 470 g/mol. The van der Waals surface area contributed by atoms with Gasteiger partial charge in [-0.15, -0.1) is 23.5 Å². The van der Waals surface area contributed by atoms with Gasteiger partial charge in [0.15, 0.2) is 0 Å². The Balaban J connectivity index is 1.78. The molecule has 4 aromatic carbocycles. The molecule has 4 aromatic rings. The first-order valence-corrected chi connectivity index (χ1v) is 13.6. The summed E-state index contributed by atoms with van der Waals surface area (Å²) >= 11 is 3.51. The molecule has 0 amide bonds. The van der Waals surface area contributed by atoms with Crippen molar-refractivity contribution < 1.29 is 4.74 Å². The number of rotatable bonds is 8. The molecule has 0 aliphatic heterocycles. The molecule has 1 nitrogen and oxygen atoms in total. The SMILES string of the molecule is CSc1ccc(C(OC(c2ccc(C)cc2)c2ccc(SC)cc2)c2ccc(C)cc2)cc1. The molecule has 0 aromatic heterocycles. The van der Waals surface area contributed by atoms with Crippen LogP contribution in [0.25, 0.3) is 0 Å². The van der Waals surface area contributed by atoms with Crippen LogP contribution < -0.4 is 0 Å². The molecule has 0 fully saturated rings. The predicted molar refractivity (Wildman–Crippen MR) is 144 cm³/mol. The molecule has 0 aliphatic carbocycles. The first-order valence-electron chi connectivity index (χ1n) is 11.1. The Hall–Kier alpha value is -2.46. The molecular formula is C30H30OS2. The fourth-order valence-electron chi connectivity index (χ4n) is 3.88. The van der Waals surface area contributed by atoms with Crippen molar-refractivity contribution in [1.29, 1.82) is 0 Å². The Morgan fingerprint density at radius 2 is 0.727 bits per heavy atom. The van der Waals surface area contributed by atoms with Crippen LogP contribution in [-0.2, 0) is 4.74 Å². The third-order valence-corrected chi connectivity index (χ3v) is 7.36. The van der Waals surface area contributed by atoms with E-state index in [1.165, 1.54) is 20.9 Å². The lowest BCUT2D eigenvalue weighted by Crippen LogP contribution is -2.13. The highest BCUT2D eigenvalue weighted by atomic mass is 32.2. The van der Waals surface area contributed by atoms with E-state index in [0.717, 1.165) is 22.3 Å². The molecule has 2 atom stereocenters. The maximum Gasteiger partial charge on any atom is 0.109 e. The summed E-state index contributed by atoms with van der Waals surface area (Å²) < 4.78 is 7.01. The van der Waals surface area contributed by atoms with E-state index in [4.69, 9.17) is 4.74 Å². The molecule has 0 saturated heterocycles. The van der Waals surface area contributed by atoms with Gasteiger partial charge in [0, 0.05) is 9.79 Å². The molecule has 0 aliphatic rings. The minimum atomic E-state index is -0.173. The quantitative estimate of drug-likeness (QED) is 0.238. The van der Waals surface area contributed by atoms with E-state index in [1.54, 1.807) is 23.5 Å². The van der Waals surface area contributed by atoms with Crippen LogP contribution in [-0.4, -0.2) is 12.5 Å². The molecule has 0 radical (unpaired) electrons. The lowest BCUT2D eigenvalue weighted by Gasteiger charge is -2.27. The molecule has 0 heterocycles. The molecular weight excluding hydrogens is 440 g/mol. The summed E-state index contributed by atoms with van der Waals surface area (Å²) in [4.78, 5) is 2.51. The molecule has 0 spiro atoms. The summed E-state index contributed by atoms with van der Waals surface area (Å²) in [6.45, 7) is 4.24. The van der Waals surface area contributed by atoms with Crippen LogP contribution in [0, 0.1) is 13.8 Å². The van der Waals surface area contributed by atoms with Crippen LogP contribution >= 0.6 is 23.5 Å². The van der Waals surface area contributed by atoms with Gasteiger partial charge in [0.05, 0.1) is 0 Å². The summed E-state index contributed by atoms with van der Waals surface area (Å²) in [5.41, 5.74) is 7.14. The Morgan fingerprint density at radius 3 is 1.00 bits per heavy atom. The number of ether oxygens (including phenoxy) is 1. The van der Waals surface area contributed by atoms with Gasteiger partial charge in [0.1, 0.15) is 12.2 Å². The van der Waals surface area contributed by atoms with Crippen molar-refractivity contribution in [3.63, 3.8) is 0 Å². The summed E-state index contributed by atoms with van der Waals surface area (Å²) in [5, 5.41) is 0. The van der Waals surface area contributed by atoms with Gasteiger partial charge in [0.25, 0.3) is 0 Å². The van der Waals surface area contributed by atoms with E-state index < -0.39 is 0 Å². The highest BCUT2D eigenvalue weighted by Crippen LogP contribution is 2.37. The van der Waals surface area contributed by atoms with Gasteiger partial charge in [-0.3, -0.25) is 0 Å². The van der Waals surface area contributed by atoms with Gasteiger partial charge < -0.3 is 4.74 Å². The van der Waals surface area contributed by atoms with Gasteiger partial charge in [-0.2, -0.15) is 0 Å². The van der Waals surface area contributed by atoms with Crippen LogP contribution in [0.3, 0.4) is 0 Å². The second-order valence-corrected chi connectivity index (χ2v) is 10.0. The Bertz CT molecular complexity index is 1050. The van der Waals surface area contributed by atoms with E-state index in [2.05, 4.69) is 123 Å². The van der Waals surface area contributed by atoms with Crippen molar-refractivity contribution in [2.24, 2.45) is 0 Å². The van der Waals surface area contributed by atoms with Crippen molar-refractivity contribution in [2.45, 2.75) is 35.8 Å². The Morgan fingerprint density at radius 1 is 0.455 bits per heavy atom. The van der Waals surface area contributed by atoms with Crippen molar-refractivity contribution in [3.8, 4) is 0 Å². The number of aryl methyl sites for hydroxylation is 2.